The van der Waals surface area contributed by atoms with Crippen LogP contribution in [0.4, 0.5) is 0 Å². The number of carbonyl (C=O) groups is 1. The number of amides is 1. The van der Waals surface area contributed by atoms with E-state index in [1.54, 1.807) is 0 Å². The van der Waals surface area contributed by atoms with Gasteiger partial charge in [0.25, 0.3) is 0 Å². The maximum atomic E-state index is 11.9. The van der Waals surface area contributed by atoms with Crippen molar-refractivity contribution >= 4 is 5.91 Å². The van der Waals surface area contributed by atoms with Gasteiger partial charge < -0.3 is 16.8 Å². The molecule has 0 saturated heterocycles. The van der Waals surface area contributed by atoms with Crippen LogP contribution in [0.1, 0.15) is 51.4 Å². The molecule has 0 bridgehead atoms. The number of carbonyl (C=O) groups excluding carboxylic acids is 1. The zero-order valence-corrected chi connectivity index (χ0v) is 11.9. The first kappa shape index (κ1) is 14.8. The highest BCUT2D eigenvalue weighted by Crippen LogP contribution is 2.28. The minimum absolute atomic E-state index is 0.197. The Labute approximate surface area is 116 Å². The summed E-state index contributed by atoms with van der Waals surface area (Å²) < 4.78 is 0. The largest absolute Gasteiger partial charge is 0.356 e. The lowest BCUT2D eigenvalue weighted by molar-refractivity contribution is -0.122. The van der Waals surface area contributed by atoms with Crippen molar-refractivity contribution in [2.24, 2.45) is 29.2 Å². The van der Waals surface area contributed by atoms with Gasteiger partial charge in [0.05, 0.1) is 0 Å². The number of hydrogen-bond acceptors (Lipinski definition) is 3. The SMILES string of the molecule is NCC1CCC(CNC(=O)C[C@@H]2CCC[C@H]2N)CC1. The molecule has 0 aromatic rings. The van der Waals surface area contributed by atoms with Gasteiger partial charge in [-0.1, -0.05) is 6.42 Å². The van der Waals surface area contributed by atoms with E-state index < -0.39 is 0 Å². The maximum Gasteiger partial charge on any atom is 0.220 e. The monoisotopic (exact) mass is 267 g/mol. The number of hydrogen-bond donors (Lipinski definition) is 3. The Morgan fingerprint density at radius 3 is 2.32 bits per heavy atom. The predicted molar refractivity (Wildman–Crippen MR) is 77.4 cm³/mol. The number of nitrogens with two attached hydrogens (primary N) is 2. The molecule has 1 amide bonds. The second-order valence-corrected chi connectivity index (χ2v) is 6.49. The molecule has 0 aliphatic heterocycles. The van der Waals surface area contributed by atoms with Gasteiger partial charge in [-0.2, -0.15) is 0 Å². The lowest BCUT2D eigenvalue weighted by atomic mass is 9.82. The van der Waals surface area contributed by atoms with E-state index in [9.17, 15) is 4.79 Å². The van der Waals surface area contributed by atoms with Crippen LogP contribution in [0.5, 0.6) is 0 Å². The molecule has 2 aliphatic carbocycles. The topological polar surface area (TPSA) is 81.1 Å². The molecule has 0 heterocycles. The summed E-state index contributed by atoms with van der Waals surface area (Å²) in [5, 5.41) is 3.11. The Balaban J connectivity index is 1.61. The highest BCUT2D eigenvalue weighted by atomic mass is 16.1. The van der Waals surface area contributed by atoms with Gasteiger partial charge in [0.1, 0.15) is 0 Å². The first-order chi connectivity index (χ1) is 9.19. The molecule has 2 atom stereocenters. The summed E-state index contributed by atoms with van der Waals surface area (Å²) in [5.41, 5.74) is 11.7. The van der Waals surface area contributed by atoms with Gasteiger partial charge in [0.15, 0.2) is 0 Å². The molecule has 0 spiro atoms. The summed E-state index contributed by atoms with van der Waals surface area (Å²) in [6, 6.07) is 0.241. The molecule has 2 fully saturated rings. The van der Waals surface area contributed by atoms with Crippen molar-refractivity contribution in [3.63, 3.8) is 0 Å². The Morgan fingerprint density at radius 2 is 1.74 bits per heavy atom. The van der Waals surface area contributed by atoms with Crippen LogP contribution >= 0.6 is 0 Å². The minimum atomic E-state index is 0.197. The third-order valence-corrected chi connectivity index (χ3v) is 5.05. The summed E-state index contributed by atoms with van der Waals surface area (Å²) in [7, 11) is 0. The quantitative estimate of drug-likeness (QED) is 0.704. The molecular weight excluding hydrogens is 238 g/mol. The highest BCUT2D eigenvalue weighted by Gasteiger charge is 2.26. The van der Waals surface area contributed by atoms with E-state index in [1.165, 1.54) is 32.1 Å². The summed E-state index contributed by atoms with van der Waals surface area (Å²) in [6.45, 7) is 1.66. The van der Waals surface area contributed by atoms with Crippen LogP contribution in [-0.2, 0) is 4.79 Å². The Morgan fingerprint density at radius 1 is 1.05 bits per heavy atom. The molecule has 0 radical (unpaired) electrons. The number of nitrogens with one attached hydrogen (secondary N) is 1. The second-order valence-electron chi connectivity index (χ2n) is 6.49. The zero-order chi connectivity index (χ0) is 13.7. The van der Waals surface area contributed by atoms with Crippen LogP contribution in [0.25, 0.3) is 0 Å². The zero-order valence-electron chi connectivity index (χ0n) is 11.9. The Bertz CT molecular complexity index is 287. The van der Waals surface area contributed by atoms with E-state index in [0.717, 1.165) is 25.9 Å². The molecule has 110 valence electrons. The first-order valence-electron chi connectivity index (χ1n) is 7.91. The number of rotatable bonds is 5. The van der Waals surface area contributed by atoms with Gasteiger partial charge in [0.2, 0.25) is 5.91 Å². The normalized spacial score (nSPS) is 35.3. The molecule has 2 saturated carbocycles. The van der Waals surface area contributed by atoms with Crippen molar-refractivity contribution in [3.8, 4) is 0 Å². The van der Waals surface area contributed by atoms with Crippen molar-refractivity contribution in [2.45, 2.75) is 57.4 Å². The summed E-state index contributed by atoms with van der Waals surface area (Å²) in [4.78, 5) is 11.9. The Hall–Kier alpha value is -0.610. The van der Waals surface area contributed by atoms with Gasteiger partial charge >= 0.3 is 0 Å². The molecule has 5 N–H and O–H groups in total. The standard InChI is InChI=1S/C15H29N3O/c16-9-11-4-6-12(7-5-11)10-18-15(19)8-13-2-1-3-14(13)17/h11-14H,1-10,16-17H2,(H,18,19)/t11?,12?,13-,14+/m0/s1. The van der Waals surface area contributed by atoms with E-state index >= 15 is 0 Å². The predicted octanol–water partition coefficient (Wildman–Crippen LogP) is 1.39. The highest BCUT2D eigenvalue weighted by molar-refractivity contribution is 5.76. The van der Waals surface area contributed by atoms with Crippen molar-refractivity contribution < 1.29 is 4.79 Å². The molecule has 2 rings (SSSR count). The van der Waals surface area contributed by atoms with Crippen LogP contribution in [-0.4, -0.2) is 25.0 Å². The molecule has 19 heavy (non-hydrogen) atoms. The van der Waals surface area contributed by atoms with Gasteiger partial charge in [-0.25, -0.2) is 0 Å². The maximum absolute atomic E-state index is 11.9. The van der Waals surface area contributed by atoms with Crippen LogP contribution < -0.4 is 16.8 Å². The van der Waals surface area contributed by atoms with Gasteiger partial charge in [-0.15, -0.1) is 0 Å². The lowest BCUT2D eigenvalue weighted by Gasteiger charge is -2.27. The molecule has 4 heteroatoms. The van der Waals surface area contributed by atoms with Crippen LogP contribution in [0.15, 0.2) is 0 Å². The molecule has 2 aliphatic rings. The molecule has 4 nitrogen and oxygen atoms in total. The van der Waals surface area contributed by atoms with E-state index in [-0.39, 0.29) is 11.9 Å². The van der Waals surface area contributed by atoms with Crippen molar-refractivity contribution in [3.05, 3.63) is 0 Å². The van der Waals surface area contributed by atoms with E-state index in [1.807, 2.05) is 0 Å². The summed E-state index contributed by atoms with van der Waals surface area (Å²) >= 11 is 0. The summed E-state index contributed by atoms with van der Waals surface area (Å²) in [6.07, 6.45) is 8.89. The van der Waals surface area contributed by atoms with Crippen molar-refractivity contribution in [2.75, 3.05) is 13.1 Å². The van der Waals surface area contributed by atoms with Crippen LogP contribution in [0, 0.1) is 17.8 Å². The summed E-state index contributed by atoms with van der Waals surface area (Å²) in [5.74, 6) is 1.98. The van der Waals surface area contributed by atoms with Crippen molar-refractivity contribution in [1.82, 2.24) is 5.32 Å². The van der Waals surface area contributed by atoms with E-state index in [0.29, 0.717) is 24.2 Å². The average molecular weight is 267 g/mol. The van der Waals surface area contributed by atoms with Gasteiger partial charge in [-0.05, 0) is 62.8 Å². The molecule has 0 unspecified atom stereocenters. The lowest BCUT2D eigenvalue weighted by Crippen LogP contribution is -2.35. The van der Waals surface area contributed by atoms with Crippen LogP contribution in [0.3, 0.4) is 0 Å². The van der Waals surface area contributed by atoms with E-state index in [4.69, 9.17) is 11.5 Å². The average Bonchev–Trinajstić information content (AvgIpc) is 2.82. The molecule has 0 aromatic heterocycles. The van der Waals surface area contributed by atoms with Gasteiger partial charge in [-0.3, -0.25) is 4.79 Å². The minimum Gasteiger partial charge on any atom is -0.356 e. The third-order valence-electron chi connectivity index (χ3n) is 5.05. The Kier molecular flexibility index (Phi) is 5.64. The fourth-order valence-electron chi connectivity index (χ4n) is 3.56. The van der Waals surface area contributed by atoms with E-state index in [2.05, 4.69) is 5.32 Å². The smallest absolute Gasteiger partial charge is 0.220 e. The van der Waals surface area contributed by atoms with Gasteiger partial charge in [0, 0.05) is 19.0 Å². The fourth-order valence-corrected chi connectivity index (χ4v) is 3.56. The van der Waals surface area contributed by atoms with Crippen molar-refractivity contribution in [1.29, 1.82) is 0 Å². The molecule has 0 aromatic carbocycles. The molecular formula is C15H29N3O. The first-order valence-corrected chi connectivity index (χ1v) is 7.91. The fraction of sp³-hybridized carbons (Fsp3) is 0.933. The second kappa shape index (κ2) is 7.25. The van der Waals surface area contributed by atoms with Crippen LogP contribution in [0.2, 0.25) is 0 Å². The third kappa shape index (κ3) is 4.46.